The standard InChI is InChI=1S/C42H53ClN2O4/c1-41(2)32-18-9-11-20-34(32)44(28-13-5-7-22-38(46)47)36(41)26-24-30-16-15-17-31(40(30)43)25-27-37-42(3,4)33-19-10-12-21-35(33)45(37)29-14-6-8-23-39(48)49/h9-12,18-21,24-27,36H,5-8,13-17,22-23,28-29H2,1-4H3,(H,46,47)(H,48,49)/b26-24+,31-25+,37-27+. The molecule has 2 heterocycles. The van der Waals surface area contributed by atoms with E-state index >= 15 is 0 Å². The van der Waals surface area contributed by atoms with Gasteiger partial charge in [-0.05, 0) is 85.4 Å². The van der Waals surface area contributed by atoms with Crippen LogP contribution >= 0.6 is 11.6 Å². The van der Waals surface area contributed by atoms with Gasteiger partial charge in [0.15, 0.2) is 0 Å². The van der Waals surface area contributed by atoms with Gasteiger partial charge in [-0.3, -0.25) is 9.59 Å². The Morgan fingerprint density at radius 2 is 1.41 bits per heavy atom. The van der Waals surface area contributed by atoms with Crippen LogP contribution in [0.2, 0.25) is 0 Å². The van der Waals surface area contributed by atoms with E-state index in [0.717, 1.165) is 68.6 Å². The number of halogens is 1. The molecule has 1 aliphatic carbocycles. The van der Waals surface area contributed by atoms with Crippen LogP contribution in [0, 0.1) is 0 Å². The van der Waals surface area contributed by atoms with E-state index in [9.17, 15) is 9.59 Å². The van der Waals surface area contributed by atoms with E-state index in [1.165, 1.54) is 33.8 Å². The maximum Gasteiger partial charge on any atom is 0.303 e. The third kappa shape index (κ3) is 8.17. The highest BCUT2D eigenvalue weighted by Gasteiger charge is 2.43. The molecule has 0 aromatic heterocycles. The first-order valence-electron chi connectivity index (χ1n) is 18.1. The first-order valence-corrected chi connectivity index (χ1v) is 18.5. The van der Waals surface area contributed by atoms with Crippen LogP contribution in [0.5, 0.6) is 0 Å². The lowest BCUT2D eigenvalue weighted by Crippen LogP contribution is -2.40. The number of hydrogen-bond donors (Lipinski definition) is 2. The summed E-state index contributed by atoms with van der Waals surface area (Å²) in [4.78, 5) is 27.0. The fraction of sp³-hybridized carbons (Fsp3) is 0.476. The van der Waals surface area contributed by atoms with Gasteiger partial charge >= 0.3 is 11.9 Å². The number of para-hydroxylation sites is 2. The molecule has 3 aliphatic rings. The van der Waals surface area contributed by atoms with E-state index in [4.69, 9.17) is 21.8 Å². The zero-order chi connectivity index (χ0) is 35.2. The smallest absolute Gasteiger partial charge is 0.303 e. The van der Waals surface area contributed by atoms with Gasteiger partial charge in [0.2, 0.25) is 0 Å². The molecule has 2 N–H and O–H groups in total. The first kappa shape index (κ1) is 36.5. The van der Waals surface area contributed by atoms with Gasteiger partial charge in [0.25, 0.3) is 0 Å². The molecule has 2 aromatic carbocycles. The van der Waals surface area contributed by atoms with Crippen LogP contribution in [0.15, 0.2) is 94.7 Å². The van der Waals surface area contributed by atoms with Gasteiger partial charge in [-0.2, -0.15) is 0 Å². The third-order valence-corrected chi connectivity index (χ3v) is 11.2. The van der Waals surface area contributed by atoms with Crippen molar-refractivity contribution < 1.29 is 19.8 Å². The second-order valence-corrected chi connectivity index (χ2v) is 15.3. The first-order chi connectivity index (χ1) is 23.4. The molecule has 0 saturated heterocycles. The summed E-state index contributed by atoms with van der Waals surface area (Å²) in [5, 5.41) is 19.0. The van der Waals surface area contributed by atoms with Crippen molar-refractivity contribution in [2.24, 2.45) is 0 Å². The van der Waals surface area contributed by atoms with Crippen LogP contribution in [-0.2, 0) is 20.4 Å². The number of aliphatic carboxylic acids is 2. The van der Waals surface area contributed by atoms with Crippen molar-refractivity contribution in [1.29, 1.82) is 0 Å². The van der Waals surface area contributed by atoms with E-state index in [0.29, 0.717) is 12.8 Å². The number of hydrogen-bond acceptors (Lipinski definition) is 4. The fourth-order valence-electron chi connectivity index (χ4n) is 8.01. The summed E-state index contributed by atoms with van der Waals surface area (Å²) < 4.78 is 0. The van der Waals surface area contributed by atoms with Crippen molar-refractivity contribution in [3.05, 3.63) is 106 Å². The zero-order valence-electron chi connectivity index (χ0n) is 29.7. The lowest BCUT2D eigenvalue weighted by atomic mass is 9.80. The molecule has 0 fully saturated rings. The molecule has 49 heavy (non-hydrogen) atoms. The topological polar surface area (TPSA) is 81.1 Å². The molecule has 5 rings (SSSR count). The third-order valence-electron chi connectivity index (χ3n) is 10.7. The van der Waals surface area contributed by atoms with Crippen molar-refractivity contribution in [2.45, 2.75) is 115 Å². The Morgan fingerprint density at radius 1 is 0.796 bits per heavy atom. The molecule has 6 nitrogen and oxygen atoms in total. The van der Waals surface area contributed by atoms with Crippen molar-refractivity contribution in [3.63, 3.8) is 0 Å². The molecular formula is C42H53ClN2O4. The minimum atomic E-state index is -0.731. The number of allylic oxidation sites excluding steroid dienone is 7. The maximum absolute atomic E-state index is 11.0. The summed E-state index contributed by atoms with van der Waals surface area (Å²) >= 11 is 7.21. The minimum absolute atomic E-state index is 0.0842. The van der Waals surface area contributed by atoms with Crippen LogP contribution < -0.4 is 9.80 Å². The van der Waals surface area contributed by atoms with Crippen molar-refractivity contribution in [1.82, 2.24) is 0 Å². The molecule has 262 valence electrons. The second-order valence-electron chi connectivity index (χ2n) is 14.9. The predicted octanol–water partition coefficient (Wildman–Crippen LogP) is 10.3. The van der Waals surface area contributed by atoms with Crippen LogP contribution in [0.4, 0.5) is 11.4 Å². The normalized spacial score (nSPS) is 21.2. The molecule has 0 amide bonds. The van der Waals surface area contributed by atoms with E-state index in [1.54, 1.807) is 0 Å². The summed E-state index contributed by atoms with van der Waals surface area (Å²) in [6.07, 6.45) is 17.5. The predicted molar refractivity (Wildman–Crippen MR) is 202 cm³/mol. The Hall–Kier alpha value is -3.77. The molecule has 2 aliphatic heterocycles. The van der Waals surface area contributed by atoms with Gasteiger partial charge in [-0.15, -0.1) is 0 Å². The van der Waals surface area contributed by atoms with E-state index in [1.807, 2.05) is 0 Å². The zero-order valence-corrected chi connectivity index (χ0v) is 30.4. The highest BCUT2D eigenvalue weighted by molar-refractivity contribution is 6.32. The van der Waals surface area contributed by atoms with Gasteiger partial charge in [-0.1, -0.05) is 107 Å². The average molecular weight is 685 g/mol. The Balaban J connectivity index is 1.37. The van der Waals surface area contributed by atoms with Gasteiger partial charge in [0.05, 0.1) is 6.04 Å². The van der Waals surface area contributed by atoms with Crippen molar-refractivity contribution in [3.8, 4) is 0 Å². The van der Waals surface area contributed by atoms with E-state index in [-0.39, 0.29) is 29.7 Å². The summed E-state index contributed by atoms with van der Waals surface area (Å²) in [5.74, 6) is -1.46. The number of rotatable bonds is 15. The van der Waals surface area contributed by atoms with Gasteiger partial charge in [0, 0.05) is 58.9 Å². The van der Waals surface area contributed by atoms with Crippen LogP contribution in [0.25, 0.3) is 0 Å². The van der Waals surface area contributed by atoms with E-state index < -0.39 is 11.9 Å². The molecule has 7 heteroatoms. The van der Waals surface area contributed by atoms with Crippen molar-refractivity contribution in [2.75, 3.05) is 22.9 Å². The van der Waals surface area contributed by atoms with Crippen LogP contribution in [0.1, 0.15) is 109 Å². The Bertz CT molecular complexity index is 1650. The summed E-state index contributed by atoms with van der Waals surface area (Å²) in [6, 6.07) is 17.5. The SMILES string of the molecule is CC1(C)/C(=C\C=C2/CCCC(/C=C/C3N(CCCCCC(=O)O)c4ccccc4C3(C)C)=C2Cl)N(CCCCCC(=O)O)c2ccccc21. The fourth-order valence-corrected chi connectivity index (χ4v) is 8.32. The molecule has 2 aromatic rings. The largest absolute Gasteiger partial charge is 0.481 e. The number of carbonyl (C=O) groups is 2. The molecule has 1 atom stereocenters. The molecular weight excluding hydrogens is 632 g/mol. The number of nitrogens with zero attached hydrogens (tertiary/aromatic N) is 2. The second kappa shape index (κ2) is 15.8. The number of carboxylic acid groups (broad SMARTS) is 2. The molecule has 0 radical (unpaired) electrons. The Kier molecular flexibility index (Phi) is 11.8. The lowest BCUT2D eigenvalue weighted by molar-refractivity contribution is -0.138. The molecule has 0 bridgehead atoms. The van der Waals surface area contributed by atoms with Crippen LogP contribution in [-0.4, -0.2) is 41.3 Å². The van der Waals surface area contributed by atoms with Crippen LogP contribution in [0.3, 0.4) is 0 Å². The summed E-state index contributed by atoms with van der Waals surface area (Å²) in [6.45, 7) is 10.9. The number of anilines is 2. The number of benzene rings is 2. The van der Waals surface area contributed by atoms with Crippen molar-refractivity contribution >= 4 is 34.9 Å². The number of fused-ring (bicyclic) bond motifs is 2. The highest BCUT2D eigenvalue weighted by atomic mass is 35.5. The van der Waals surface area contributed by atoms with Gasteiger partial charge in [0.1, 0.15) is 0 Å². The minimum Gasteiger partial charge on any atom is -0.481 e. The quantitative estimate of drug-likeness (QED) is 0.182. The van der Waals surface area contributed by atoms with Gasteiger partial charge < -0.3 is 20.0 Å². The Morgan fingerprint density at radius 3 is 2.08 bits per heavy atom. The summed E-state index contributed by atoms with van der Waals surface area (Å²) in [5.41, 5.74) is 8.49. The van der Waals surface area contributed by atoms with Gasteiger partial charge in [-0.25, -0.2) is 0 Å². The number of unbranched alkanes of at least 4 members (excludes halogenated alkanes) is 4. The Labute approximate surface area is 297 Å². The monoisotopic (exact) mass is 684 g/mol. The summed E-state index contributed by atoms with van der Waals surface area (Å²) in [7, 11) is 0. The van der Waals surface area contributed by atoms with E-state index in [2.05, 4.69) is 110 Å². The molecule has 0 saturated carbocycles. The average Bonchev–Trinajstić information content (AvgIpc) is 3.41. The molecule has 1 unspecified atom stereocenters. The maximum atomic E-state index is 11.0. The lowest BCUT2D eigenvalue weighted by Gasteiger charge is -2.33. The highest BCUT2D eigenvalue weighted by Crippen LogP contribution is 2.49. The molecule has 0 spiro atoms. The number of carboxylic acids is 2.